The SMILES string of the molecule is CC12CC3=CCCC(NCl)(CC3C1)C2. The van der Waals surface area contributed by atoms with Crippen LogP contribution in [0, 0.1) is 11.3 Å². The van der Waals surface area contributed by atoms with Crippen LogP contribution in [0.15, 0.2) is 11.6 Å². The van der Waals surface area contributed by atoms with Crippen LogP contribution in [0.5, 0.6) is 0 Å². The van der Waals surface area contributed by atoms with Gasteiger partial charge in [0.15, 0.2) is 0 Å². The van der Waals surface area contributed by atoms with Crippen LogP contribution in [0.1, 0.15) is 45.4 Å². The van der Waals surface area contributed by atoms with Gasteiger partial charge in [-0.15, -0.1) is 0 Å². The lowest BCUT2D eigenvalue weighted by Crippen LogP contribution is -2.47. The Balaban J connectivity index is 2.03. The number of hydrogen-bond acceptors (Lipinski definition) is 1. The summed E-state index contributed by atoms with van der Waals surface area (Å²) in [5.74, 6) is 0.836. The molecule has 0 aromatic heterocycles. The van der Waals surface area contributed by atoms with Crippen molar-refractivity contribution in [1.82, 2.24) is 4.84 Å². The lowest BCUT2D eigenvalue weighted by Gasteiger charge is -2.43. The van der Waals surface area contributed by atoms with Gasteiger partial charge < -0.3 is 0 Å². The van der Waals surface area contributed by atoms with Gasteiger partial charge in [-0.1, -0.05) is 18.6 Å². The molecular formula is C12H18ClN. The molecule has 14 heavy (non-hydrogen) atoms. The van der Waals surface area contributed by atoms with Crippen LogP contribution in [-0.2, 0) is 0 Å². The zero-order valence-electron chi connectivity index (χ0n) is 8.78. The summed E-state index contributed by atoms with van der Waals surface area (Å²) in [6.45, 7) is 2.44. The van der Waals surface area contributed by atoms with E-state index in [1.165, 1.54) is 38.5 Å². The molecule has 1 nitrogen and oxygen atoms in total. The lowest BCUT2D eigenvalue weighted by molar-refractivity contribution is 0.127. The third kappa shape index (κ3) is 1.18. The van der Waals surface area contributed by atoms with Crippen molar-refractivity contribution in [2.45, 2.75) is 51.0 Å². The minimum Gasteiger partial charge on any atom is -0.227 e. The van der Waals surface area contributed by atoms with Gasteiger partial charge in [0.25, 0.3) is 0 Å². The number of rotatable bonds is 1. The van der Waals surface area contributed by atoms with Gasteiger partial charge >= 0.3 is 0 Å². The maximum atomic E-state index is 5.98. The topological polar surface area (TPSA) is 12.0 Å². The van der Waals surface area contributed by atoms with E-state index in [9.17, 15) is 0 Å². The monoisotopic (exact) mass is 211 g/mol. The van der Waals surface area contributed by atoms with Crippen LogP contribution in [-0.4, -0.2) is 5.54 Å². The molecule has 0 heterocycles. The van der Waals surface area contributed by atoms with Gasteiger partial charge in [-0.3, -0.25) is 0 Å². The van der Waals surface area contributed by atoms with Crippen molar-refractivity contribution in [2.75, 3.05) is 0 Å². The molecule has 3 atom stereocenters. The van der Waals surface area contributed by atoms with E-state index in [1.54, 1.807) is 5.57 Å². The second-order valence-corrected chi connectivity index (χ2v) is 6.15. The van der Waals surface area contributed by atoms with Crippen molar-refractivity contribution < 1.29 is 0 Å². The summed E-state index contributed by atoms with van der Waals surface area (Å²) in [4.78, 5) is 3.11. The van der Waals surface area contributed by atoms with E-state index in [-0.39, 0.29) is 5.54 Å². The maximum Gasteiger partial charge on any atom is 0.0345 e. The number of nitrogens with one attached hydrogen (secondary N) is 1. The van der Waals surface area contributed by atoms with Crippen molar-refractivity contribution in [3.05, 3.63) is 11.6 Å². The van der Waals surface area contributed by atoms with Gasteiger partial charge in [-0.25, -0.2) is 4.84 Å². The number of hydrogen-bond donors (Lipinski definition) is 1. The molecule has 0 aliphatic heterocycles. The predicted octanol–water partition coefficient (Wildman–Crippen LogP) is 3.40. The summed E-state index contributed by atoms with van der Waals surface area (Å²) < 4.78 is 0. The highest BCUT2D eigenvalue weighted by Gasteiger charge is 2.52. The molecule has 2 saturated carbocycles. The van der Waals surface area contributed by atoms with Crippen molar-refractivity contribution in [3.63, 3.8) is 0 Å². The number of fused-ring (bicyclic) bond motifs is 2. The molecule has 3 aliphatic rings. The zero-order valence-corrected chi connectivity index (χ0v) is 9.53. The van der Waals surface area contributed by atoms with E-state index >= 15 is 0 Å². The average molecular weight is 212 g/mol. The molecule has 0 amide bonds. The number of halogens is 1. The Morgan fingerprint density at radius 2 is 2.36 bits per heavy atom. The van der Waals surface area contributed by atoms with E-state index in [0.717, 1.165) is 5.92 Å². The van der Waals surface area contributed by atoms with Gasteiger partial charge in [0, 0.05) is 5.54 Å². The molecule has 2 heteroatoms. The molecule has 0 spiro atoms. The zero-order chi connectivity index (χ0) is 9.81. The van der Waals surface area contributed by atoms with E-state index in [2.05, 4.69) is 17.8 Å². The third-order valence-electron chi connectivity index (χ3n) is 4.53. The summed E-state index contributed by atoms with van der Waals surface area (Å²) in [7, 11) is 0. The molecule has 78 valence electrons. The van der Waals surface area contributed by atoms with Gasteiger partial charge in [0.2, 0.25) is 0 Å². The predicted molar refractivity (Wildman–Crippen MR) is 59.1 cm³/mol. The molecule has 0 aromatic rings. The first-order valence-corrected chi connectivity index (χ1v) is 6.09. The van der Waals surface area contributed by atoms with Gasteiger partial charge in [0.05, 0.1) is 0 Å². The van der Waals surface area contributed by atoms with Crippen LogP contribution in [0.4, 0.5) is 0 Å². The normalized spacial score (nSPS) is 50.4. The first kappa shape index (κ1) is 9.23. The molecule has 0 aromatic carbocycles. The first-order valence-electron chi connectivity index (χ1n) is 5.72. The Hall–Kier alpha value is -0.0100. The smallest absolute Gasteiger partial charge is 0.0345 e. The highest BCUT2D eigenvalue weighted by Crippen LogP contribution is 2.59. The minimum atomic E-state index is 0.244. The fraction of sp³-hybridized carbons (Fsp3) is 0.833. The molecular weight excluding hydrogens is 194 g/mol. The van der Waals surface area contributed by atoms with E-state index in [0.29, 0.717) is 5.41 Å². The van der Waals surface area contributed by atoms with E-state index in [1.807, 2.05) is 0 Å². The molecule has 3 unspecified atom stereocenters. The van der Waals surface area contributed by atoms with E-state index < -0.39 is 0 Å². The quantitative estimate of drug-likeness (QED) is 0.518. The standard InChI is InChI=1S/C12H18ClN/c1-11-5-9-3-2-4-12(8-11,14-13)7-10(9)6-11/h3,10,14H,2,4-8H2,1H3. The van der Waals surface area contributed by atoms with Crippen LogP contribution < -0.4 is 4.84 Å². The average Bonchev–Trinajstić information content (AvgIpc) is 2.27. The fourth-order valence-corrected chi connectivity index (χ4v) is 4.45. The van der Waals surface area contributed by atoms with Crippen molar-refractivity contribution in [3.8, 4) is 0 Å². The second kappa shape index (κ2) is 2.76. The van der Waals surface area contributed by atoms with Crippen molar-refractivity contribution in [2.24, 2.45) is 11.3 Å². The Labute approximate surface area is 91.0 Å². The van der Waals surface area contributed by atoms with Gasteiger partial charge in [-0.2, -0.15) is 0 Å². The molecule has 2 fully saturated rings. The molecule has 0 saturated heterocycles. The summed E-state index contributed by atoms with van der Waals surface area (Å²) in [5, 5.41) is 0. The lowest BCUT2D eigenvalue weighted by atomic mass is 9.67. The third-order valence-corrected chi connectivity index (χ3v) is 4.93. The van der Waals surface area contributed by atoms with Crippen LogP contribution in [0.25, 0.3) is 0 Å². The first-order chi connectivity index (χ1) is 6.65. The largest absolute Gasteiger partial charge is 0.227 e. The highest BCUT2D eigenvalue weighted by molar-refractivity contribution is 6.13. The summed E-state index contributed by atoms with van der Waals surface area (Å²) in [6.07, 6.45) is 10.2. The highest BCUT2D eigenvalue weighted by atomic mass is 35.5. The molecule has 0 radical (unpaired) electrons. The summed E-state index contributed by atoms with van der Waals surface area (Å²) >= 11 is 5.98. The second-order valence-electron chi connectivity index (χ2n) is 5.96. The molecule has 3 rings (SSSR count). The van der Waals surface area contributed by atoms with Crippen molar-refractivity contribution >= 4 is 11.8 Å². The minimum absolute atomic E-state index is 0.244. The molecule has 3 aliphatic carbocycles. The molecule has 3 bridgehead atoms. The maximum absolute atomic E-state index is 5.98. The summed E-state index contributed by atoms with van der Waals surface area (Å²) in [5.41, 5.74) is 2.52. The van der Waals surface area contributed by atoms with Gasteiger partial charge in [0.1, 0.15) is 0 Å². The Bertz CT molecular complexity index is 299. The van der Waals surface area contributed by atoms with E-state index in [4.69, 9.17) is 11.8 Å². The fourth-order valence-electron chi connectivity index (χ4n) is 4.22. The molecule has 1 N–H and O–H groups in total. The Morgan fingerprint density at radius 3 is 3.14 bits per heavy atom. The van der Waals surface area contributed by atoms with Gasteiger partial charge in [-0.05, 0) is 61.6 Å². The Morgan fingerprint density at radius 1 is 1.50 bits per heavy atom. The Kier molecular flexibility index (Phi) is 1.82. The van der Waals surface area contributed by atoms with Crippen LogP contribution in [0.2, 0.25) is 0 Å². The van der Waals surface area contributed by atoms with Crippen LogP contribution >= 0.6 is 11.8 Å². The van der Waals surface area contributed by atoms with Crippen LogP contribution in [0.3, 0.4) is 0 Å². The number of allylic oxidation sites excluding steroid dienone is 2. The summed E-state index contributed by atoms with van der Waals surface area (Å²) in [6, 6.07) is 0. The van der Waals surface area contributed by atoms with Crippen molar-refractivity contribution in [1.29, 1.82) is 0 Å².